The summed E-state index contributed by atoms with van der Waals surface area (Å²) in [6.45, 7) is 3.85. The van der Waals surface area contributed by atoms with Crippen LogP contribution >= 0.6 is 0 Å². The van der Waals surface area contributed by atoms with E-state index in [0.717, 1.165) is 35.8 Å². The summed E-state index contributed by atoms with van der Waals surface area (Å²) in [6, 6.07) is 2.40. The Labute approximate surface area is 123 Å². The second-order valence-corrected chi connectivity index (χ2v) is 5.51. The molecule has 0 aromatic carbocycles. The van der Waals surface area contributed by atoms with E-state index < -0.39 is 0 Å². The lowest BCUT2D eigenvalue weighted by atomic mass is 9.99. The van der Waals surface area contributed by atoms with E-state index in [9.17, 15) is 0 Å². The van der Waals surface area contributed by atoms with E-state index in [2.05, 4.69) is 20.2 Å². The molecule has 0 spiro atoms. The highest BCUT2D eigenvalue weighted by atomic mass is 15.3. The van der Waals surface area contributed by atoms with Gasteiger partial charge in [0.05, 0.1) is 11.2 Å². The third-order valence-corrected chi connectivity index (χ3v) is 3.96. The second kappa shape index (κ2) is 4.43. The van der Waals surface area contributed by atoms with Gasteiger partial charge in [-0.3, -0.25) is 4.40 Å². The summed E-state index contributed by atoms with van der Waals surface area (Å²) >= 11 is 0. The van der Waals surface area contributed by atoms with E-state index in [1.807, 2.05) is 30.6 Å². The van der Waals surface area contributed by atoms with Crippen LogP contribution in [0.15, 0.2) is 18.5 Å². The number of hydrogen-bond donors (Lipinski definition) is 1. The van der Waals surface area contributed by atoms with Gasteiger partial charge in [-0.1, -0.05) is 5.46 Å². The third kappa shape index (κ3) is 1.88. The molecule has 0 bridgehead atoms. The standard InChI is InChI=1S/C14H15BN6/c1-8-5-21-11-3-9(15)4-17-12(11)19-13(14(21)18-8)20-6-10(7-20)16-2/h3-5,10,16H,6-7H2,1-2H3. The van der Waals surface area contributed by atoms with Crippen molar-refractivity contribution in [1.29, 1.82) is 0 Å². The molecule has 0 atom stereocenters. The van der Waals surface area contributed by atoms with E-state index in [-0.39, 0.29) is 0 Å². The fraction of sp³-hybridized carbons (Fsp3) is 0.357. The maximum atomic E-state index is 5.85. The number of nitrogens with zero attached hydrogens (tertiary/aromatic N) is 5. The van der Waals surface area contributed by atoms with Crippen LogP contribution in [0.4, 0.5) is 5.82 Å². The first-order chi connectivity index (χ1) is 10.2. The number of hydrogen-bond acceptors (Lipinski definition) is 5. The van der Waals surface area contributed by atoms with Crippen molar-refractivity contribution in [2.24, 2.45) is 0 Å². The number of nitrogens with one attached hydrogen (secondary N) is 1. The molecule has 3 aromatic rings. The summed E-state index contributed by atoms with van der Waals surface area (Å²) in [5, 5.41) is 3.27. The lowest BCUT2D eigenvalue weighted by Gasteiger charge is -2.39. The molecule has 6 nitrogen and oxygen atoms in total. The summed E-state index contributed by atoms with van der Waals surface area (Å²) < 4.78 is 2.03. The Kier molecular flexibility index (Phi) is 2.65. The van der Waals surface area contributed by atoms with Crippen LogP contribution in [-0.4, -0.2) is 53.4 Å². The molecule has 1 saturated heterocycles. The van der Waals surface area contributed by atoms with E-state index in [4.69, 9.17) is 12.8 Å². The van der Waals surface area contributed by atoms with Crippen molar-refractivity contribution in [3.05, 3.63) is 24.2 Å². The molecule has 0 saturated carbocycles. The molecule has 4 rings (SSSR count). The van der Waals surface area contributed by atoms with Gasteiger partial charge in [-0.2, -0.15) is 0 Å². The number of likely N-dealkylation sites (N-methyl/N-ethyl adjacent to an activating group) is 1. The molecular formula is C14H15BN6. The van der Waals surface area contributed by atoms with E-state index in [0.29, 0.717) is 17.2 Å². The second-order valence-electron chi connectivity index (χ2n) is 5.51. The van der Waals surface area contributed by atoms with Gasteiger partial charge in [0.15, 0.2) is 17.1 Å². The van der Waals surface area contributed by atoms with Gasteiger partial charge in [0.2, 0.25) is 0 Å². The van der Waals surface area contributed by atoms with Crippen LogP contribution in [0.2, 0.25) is 0 Å². The van der Waals surface area contributed by atoms with Gasteiger partial charge in [-0.15, -0.1) is 0 Å². The average molecular weight is 278 g/mol. The molecule has 21 heavy (non-hydrogen) atoms. The Morgan fingerprint density at radius 1 is 1.33 bits per heavy atom. The summed E-state index contributed by atoms with van der Waals surface area (Å²) in [5.41, 5.74) is 4.03. The highest BCUT2D eigenvalue weighted by molar-refractivity contribution is 6.32. The van der Waals surface area contributed by atoms with Crippen LogP contribution < -0.4 is 15.7 Å². The van der Waals surface area contributed by atoms with Gasteiger partial charge < -0.3 is 10.2 Å². The Morgan fingerprint density at radius 3 is 2.90 bits per heavy atom. The number of pyridine rings is 1. The Balaban J connectivity index is 1.95. The molecule has 2 radical (unpaired) electrons. The number of rotatable bonds is 2. The van der Waals surface area contributed by atoms with Crippen molar-refractivity contribution < 1.29 is 0 Å². The predicted molar refractivity (Wildman–Crippen MR) is 83.5 cm³/mol. The molecule has 1 aliphatic heterocycles. The smallest absolute Gasteiger partial charge is 0.181 e. The van der Waals surface area contributed by atoms with Crippen molar-refractivity contribution in [1.82, 2.24) is 24.7 Å². The first kappa shape index (κ1) is 12.6. The van der Waals surface area contributed by atoms with Crippen molar-refractivity contribution in [3.63, 3.8) is 0 Å². The SMILES string of the molecule is [B]c1cnc2nc(N3CC(NC)C3)c3nc(C)cn3c2c1. The molecule has 104 valence electrons. The number of fused-ring (bicyclic) bond motifs is 3. The van der Waals surface area contributed by atoms with E-state index in [1.54, 1.807) is 6.20 Å². The zero-order chi connectivity index (χ0) is 14.6. The van der Waals surface area contributed by atoms with Crippen LogP contribution in [0.1, 0.15) is 5.69 Å². The van der Waals surface area contributed by atoms with Crippen molar-refractivity contribution in [3.8, 4) is 0 Å². The van der Waals surface area contributed by atoms with Gasteiger partial charge in [-0.25, -0.2) is 15.0 Å². The minimum atomic E-state index is 0.512. The lowest BCUT2D eigenvalue weighted by Crippen LogP contribution is -2.57. The highest BCUT2D eigenvalue weighted by Crippen LogP contribution is 2.26. The summed E-state index contributed by atoms with van der Waals surface area (Å²) in [7, 11) is 7.83. The van der Waals surface area contributed by atoms with Crippen LogP contribution in [-0.2, 0) is 0 Å². The molecule has 1 N–H and O–H groups in total. The van der Waals surface area contributed by atoms with Crippen LogP contribution in [0.3, 0.4) is 0 Å². The average Bonchev–Trinajstić information content (AvgIpc) is 2.80. The Hall–Kier alpha value is -2.15. The maximum absolute atomic E-state index is 5.85. The van der Waals surface area contributed by atoms with Crippen LogP contribution in [0.5, 0.6) is 0 Å². The molecule has 4 heterocycles. The quantitative estimate of drug-likeness (QED) is 0.657. The monoisotopic (exact) mass is 278 g/mol. The fourth-order valence-electron chi connectivity index (χ4n) is 2.76. The number of anilines is 1. The summed E-state index contributed by atoms with van der Waals surface area (Å²) in [4.78, 5) is 15.9. The minimum Gasteiger partial charge on any atom is -0.350 e. The van der Waals surface area contributed by atoms with Crippen LogP contribution in [0, 0.1) is 6.92 Å². The molecule has 1 aliphatic rings. The zero-order valence-electron chi connectivity index (χ0n) is 12.0. The number of imidazole rings is 1. The topological polar surface area (TPSA) is 58.4 Å². The summed E-state index contributed by atoms with van der Waals surface area (Å²) in [5.74, 6) is 0.888. The van der Waals surface area contributed by atoms with Gasteiger partial charge in [0.1, 0.15) is 7.85 Å². The van der Waals surface area contributed by atoms with Crippen LogP contribution in [0.25, 0.3) is 16.8 Å². The first-order valence-electron chi connectivity index (χ1n) is 6.99. The number of aromatic nitrogens is 4. The third-order valence-electron chi connectivity index (χ3n) is 3.96. The largest absolute Gasteiger partial charge is 0.350 e. The maximum Gasteiger partial charge on any atom is 0.181 e. The predicted octanol–water partition coefficient (Wildman–Crippen LogP) is -0.212. The zero-order valence-corrected chi connectivity index (χ0v) is 12.0. The lowest BCUT2D eigenvalue weighted by molar-refractivity contribution is 0.448. The van der Waals surface area contributed by atoms with Crippen molar-refractivity contribution >= 4 is 35.9 Å². The van der Waals surface area contributed by atoms with Gasteiger partial charge >= 0.3 is 0 Å². The molecule has 7 heteroatoms. The molecule has 0 unspecified atom stereocenters. The van der Waals surface area contributed by atoms with E-state index in [1.165, 1.54) is 0 Å². The summed E-state index contributed by atoms with van der Waals surface area (Å²) in [6.07, 6.45) is 3.64. The highest BCUT2D eigenvalue weighted by Gasteiger charge is 2.29. The molecule has 1 fully saturated rings. The number of aryl methyl sites for hydroxylation is 1. The van der Waals surface area contributed by atoms with E-state index >= 15 is 0 Å². The molecule has 0 amide bonds. The molecule has 3 aromatic heterocycles. The minimum absolute atomic E-state index is 0.512. The van der Waals surface area contributed by atoms with Crippen molar-refractivity contribution in [2.75, 3.05) is 25.0 Å². The van der Waals surface area contributed by atoms with Crippen molar-refractivity contribution in [2.45, 2.75) is 13.0 Å². The normalized spacial score (nSPS) is 15.8. The first-order valence-corrected chi connectivity index (χ1v) is 6.99. The molecule has 0 aliphatic carbocycles. The fourth-order valence-corrected chi connectivity index (χ4v) is 2.76. The molecular weight excluding hydrogens is 263 g/mol. The Morgan fingerprint density at radius 2 is 2.14 bits per heavy atom. The van der Waals surface area contributed by atoms with Gasteiger partial charge in [0, 0.05) is 31.5 Å². The van der Waals surface area contributed by atoms with Gasteiger partial charge in [0.25, 0.3) is 0 Å². The Bertz CT molecular complexity index is 836. The van der Waals surface area contributed by atoms with Gasteiger partial charge in [-0.05, 0) is 20.0 Å².